The summed E-state index contributed by atoms with van der Waals surface area (Å²) in [6, 6.07) is 9.53. The molecule has 2 aliphatic rings. The Morgan fingerprint density at radius 1 is 1.32 bits per heavy atom. The van der Waals surface area contributed by atoms with Gasteiger partial charge in [0.15, 0.2) is 5.60 Å². The second kappa shape index (κ2) is 6.61. The van der Waals surface area contributed by atoms with E-state index in [1.807, 2.05) is 24.3 Å². The van der Waals surface area contributed by atoms with Gasteiger partial charge in [-0.3, -0.25) is 4.79 Å². The molecular formula is C20H15BrN2O4W. The van der Waals surface area contributed by atoms with Crippen molar-refractivity contribution in [1.82, 2.24) is 9.55 Å². The molecule has 0 aliphatic carbocycles. The van der Waals surface area contributed by atoms with Crippen molar-refractivity contribution in [2.45, 2.75) is 32.1 Å². The van der Waals surface area contributed by atoms with E-state index >= 15 is 0 Å². The normalized spacial score (nSPS) is 19.5. The molecule has 1 atom stereocenters. The number of esters is 1. The van der Waals surface area contributed by atoms with E-state index in [2.05, 4.69) is 15.9 Å². The molecule has 5 rings (SSSR count). The van der Waals surface area contributed by atoms with E-state index in [1.54, 1.807) is 17.6 Å². The molecule has 1 aromatic carbocycles. The van der Waals surface area contributed by atoms with Gasteiger partial charge in [-0.15, -0.1) is 0 Å². The molecule has 1 N–H and O–H groups in total. The number of aliphatic hydroxyl groups is 1. The van der Waals surface area contributed by atoms with E-state index in [9.17, 15) is 14.7 Å². The molecule has 0 fully saturated rings. The number of nitrogens with zero attached hydrogens (tertiary/aromatic N) is 2. The first kappa shape index (κ1) is 19.5. The maximum absolute atomic E-state index is 13.1. The van der Waals surface area contributed by atoms with Crippen LogP contribution in [0.3, 0.4) is 0 Å². The van der Waals surface area contributed by atoms with Crippen LogP contribution in [0.5, 0.6) is 0 Å². The number of cyclic esters (lactones) is 1. The Bertz CT molecular complexity index is 1220. The number of pyridine rings is 2. The Morgan fingerprint density at radius 2 is 2.11 bits per heavy atom. The Morgan fingerprint density at radius 3 is 2.86 bits per heavy atom. The molecule has 0 unspecified atom stereocenters. The topological polar surface area (TPSA) is 81.4 Å². The van der Waals surface area contributed by atoms with Crippen LogP contribution in [-0.4, -0.2) is 20.6 Å². The average Bonchev–Trinajstić information content (AvgIpc) is 3.02. The van der Waals surface area contributed by atoms with Crippen molar-refractivity contribution >= 4 is 32.8 Å². The molecule has 6 nitrogen and oxygen atoms in total. The Hall–Kier alpha value is -1.82. The molecule has 0 radical (unpaired) electrons. The summed E-state index contributed by atoms with van der Waals surface area (Å²) in [6.45, 7) is 1.98. The summed E-state index contributed by atoms with van der Waals surface area (Å²) in [4.78, 5) is 30.0. The Balaban J connectivity index is 0.00000192. The number of carbonyl (C=O) groups is 1. The summed E-state index contributed by atoms with van der Waals surface area (Å²) in [7, 11) is 0. The summed E-state index contributed by atoms with van der Waals surface area (Å²) in [5, 5.41) is 11.8. The summed E-state index contributed by atoms with van der Waals surface area (Å²) >= 11 is 3.54. The van der Waals surface area contributed by atoms with Gasteiger partial charge < -0.3 is 14.4 Å². The summed E-state index contributed by atoms with van der Waals surface area (Å²) in [6.07, 6.45) is 0.132. The van der Waals surface area contributed by atoms with Gasteiger partial charge in [-0.2, -0.15) is 0 Å². The molecule has 2 aliphatic heterocycles. The number of hydrogen-bond acceptors (Lipinski definition) is 5. The molecule has 0 saturated heterocycles. The quantitative estimate of drug-likeness (QED) is 0.335. The van der Waals surface area contributed by atoms with Crippen molar-refractivity contribution < 1.29 is 35.7 Å². The first-order valence-corrected chi connectivity index (χ1v) is 9.48. The monoisotopic (exact) mass is 610 g/mol. The van der Waals surface area contributed by atoms with Crippen LogP contribution in [-0.2, 0) is 49.3 Å². The molecule has 0 bridgehead atoms. The maximum Gasteiger partial charge on any atom is 0.343 e. The third-order valence-corrected chi connectivity index (χ3v) is 6.19. The fourth-order valence-electron chi connectivity index (χ4n) is 3.97. The van der Waals surface area contributed by atoms with Crippen LogP contribution in [0.25, 0.3) is 22.3 Å². The van der Waals surface area contributed by atoms with Crippen LogP contribution in [0.15, 0.2) is 39.6 Å². The average molecular weight is 611 g/mol. The van der Waals surface area contributed by atoms with Gasteiger partial charge in [0.1, 0.15) is 6.61 Å². The van der Waals surface area contributed by atoms with Gasteiger partial charge in [0.05, 0.1) is 29.0 Å². The van der Waals surface area contributed by atoms with Gasteiger partial charge in [0, 0.05) is 42.1 Å². The maximum atomic E-state index is 13.1. The second-order valence-electron chi connectivity index (χ2n) is 6.91. The number of aromatic nitrogens is 2. The number of fused-ring (bicyclic) bond motifs is 5. The van der Waals surface area contributed by atoms with Crippen molar-refractivity contribution in [2.75, 3.05) is 0 Å². The fraction of sp³-hybridized carbons (Fsp3) is 0.250. The Kier molecular flexibility index (Phi) is 4.60. The van der Waals surface area contributed by atoms with E-state index in [-0.39, 0.29) is 39.7 Å². The number of benzene rings is 1. The van der Waals surface area contributed by atoms with E-state index < -0.39 is 11.6 Å². The second-order valence-corrected chi connectivity index (χ2v) is 7.76. The van der Waals surface area contributed by atoms with Gasteiger partial charge in [-0.05, 0) is 30.7 Å². The van der Waals surface area contributed by atoms with Crippen molar-refractivity contribution in [3.05, 3.63) is 61.8 Å². The molecule has 142 valence electrons. The Labute approximate surface area is 182 Å². The molecule has 8 heteroatoms. The van der Waals surface area contributed by atoms with Crippen LogP contribution in [0.2, 0.25) is 0 Å². The third kappa shape index (κ3) is 2.49. The minimum Gasteiger partial charge on any atom is -0.458 e. The van der Waals surface area contributed by atoms with E-state index in [0.717, 1.165) is 20.9 Å². The first-order chi connectivity index (χ1) is 12.9. The van der Waals surface area contributed by atoms with Crippen LogP contribution in [0, 0.1) is 0 Å². The zero-order valence-corrected chi connectivity index (χ0v) is 19.4. The van der Waals surface area contributed by atoms with Crippen LogP contribution >= 0.6 is 15.9 Å². The molecular weight excluding hydrogens is 596 g/mol. The standard InChI is InChI=1S/C20H15BrN2O4.W/c1-2-20(26)13-7-16-17-10(6-11-14(21)4-3-5-15(11)22-17)8-23(16)18(24)12(13)9-27-19(20)25;/h3-7,26H,2,8-9H2,1H3;/t20-;/m0./s1. The zero-order valence-electron chi connectivity index (χ0n) is 14.9. The SMILES string of the molecule is CC[C@@]1(O)C(=O)OCc2c1cc1n(c2=O)Cc2cc3c(Br)cccc3nc2-1.[W]. The van der Waals surface area contributed by atoms with Gasteiger partial charge >= 0.3 is 5.97 Å². The fourth-order valence-corrected chi connectivity index (χ4v) is 4.44. The number of rotatable bonds is 1. The molecule has 28 heavy (non-hydrogen) atoms. The predicted octanol–water partition coefficient (Wildman–Crippen LogP) is 2.84. The van der Waals surface area contributed by atoms with Gasteiger partial charge in [-0.25, -0.2) is 9.78 Å². The van der Waals surface area contributed by atoms with Crippen molar-refractivity contribution in [1.29, 1.82) is 0 Å². The van der Waals surface area contributed by atoms with Gasteiger partial charge in [0.25, 0.3) is 5.56 Å². The minimum absolute atomic E-state index is 0. The molecule has 0 amide bonds. The zero-order chi connectivity index (χ0) is 18.9. The number of ether oxygens (including phenoxy) is 1. The van der Waals surface area contributed by atoms with Crippen LogP contribution < -0.4 is 5.56 Å². The van der Waals surface area contributed by atoms with Crippen molar-refractivity contribution in [2.24, 2.45) is 0 Å². The third-order valence-electron chi connectivity index (χ3n) is 5.50. The largest absolute Gasteiger partial charge is 0.458 e. The smallest absolute Gasteiger partial charge is 0.343 e. The van der Waals surface area contributed by atoms with E-state index in [4.69, 9.17) is 9.72 Å². The molecule has 0 spiro atoms. The minimum atomic E-state index is -1.80. The van der Waals surface area contributed by atoms with Crippen LogP contribution in [0.1, 0.15) is 30.0 Å². The molecule has 4 heterocycles. The van der Waals surface area contributed by atoms with Crippen LogP contribution in [0.4, 0.5) is 0 Å². The summed E-state index contributed by atoms with van der Waals surface area (Å²) in [5.41, 5.74) is 1.69. The number of carbonyl (C=O) groups excluding carboxylic acids is 1. The summed E-state index contributed by atoms with van der Waals surface area (Å²) in [5.74, 6) is -0.713. The van der Waals surface area contributed by atoms with Crippen molar-refractivity contribution in [3.63, 3.8) is 0 Å². The first-order valence-electron chi connectivity index (χ1n) is 8.69. The summed E-state index contributed by atoms with van der Waals surface area (Å²) < 4.78 is 7.66. The predicted molar refractivity (Wildman–Crippen MR) is 102 cm³/mol. The van der Waals surface area contributed by atoms with Crippen molar-refractivity contribution in [3.8, 4) is 11.4 Å². The molecule has 2 aromatic heterocycles. The van der Waals surface area contributed by atoms with Gasteiger partial charge in [0.2, 0.25) is 0 Å². The van der Waals surface area contributed by atoms with E-state index in [1.165, 1.54) is 0 Å². The number of hydrogen-bond donors (Lipinski definition) is 1. The van der Waals surface area contributed by atoms with Gasteiger partial charge in [-0.1, -0.05) is 28.9 Å². The number of halogens is 1. The molecule has 0 saturated carbocycles. The molecule has 3 aromatic rings. The van der Waals surface area contributed by atoms with E-state index in [0.29, 0.717) is 29.1 Å².